The van der Waals surface area contributed by atoms with Crippen LogP contribution in [0.4, 0.5) is 0 Å². The third kappa shape index (κ3) is 6.12. The molecule has 7 nitrogen and oxygen atoms in total. The summed E-state index contributed by atoms with van der Waals surface area (Å²) in [5.74, 6) is 1.95. The van der Waals surface area contributed by atoms with Crippen LogP contribution in [0.2, 0.25) is 0 Å². The van der Waals surface area contributed by atoms with Gasteiger partial charge in [-0.1, -0.05) is 6.07 Å². The summed E-state index contributed by atoms with van der Waals surface area (Å²) in [5, 5.41) is 6.24. The van der Waals surface area contributed by atoms with Crippen LogP contribution >= 0.6 is 0 Å². The summed E-state index contributed by atoms with van der Waals surface area (Å²) in [7, 11) is 1.71. The van der Waals surface area contributed by atoms with E-state index in [2.05, 4.69) is 15.6 Å². The normalized spacial score (nSPS) is 12.6. The fourth-order valence-corrected chi connectivity index (χ4v) is 2.34. The number of benzene rings is 1. The van der Waals surface area contributed by atoms with Crippen molar-refractivity contribution in [2.45, 2.75) is 25.0 Å². The minimum atomic E-state index is -3.16. The molecule has 0 aliphatic heterocycles. The maximum Gasteiger partial charge on any atom is 0.191 e. The molecule has 1 aromatic rings. The van der Waals surface area contributed by atoms with Gasteiger partial charge in [-0.2, -0.15) is 0 Å². The van der Waals surface area contributed by atoms with Crippen LogP contribution in [-0.2, 0) is 16.3 Å². The number of aliphatic imine (C=N–C) groups is 1. The third-order valence-electron chi connectivity index (χ3n) is 4.06. The van der Waals surface area contributed by atoms with Gasteiger partial charge in [0, 0.05) is 26.4 Å². The topological polar surface area (TPSA) is 89.0 Å². The fraction of sp³-hybridized carbons (Fsp3) is 0.588. The van der Waals surface area contributed by atoms with Crippen LogP contribution in [0.15, 0.2) is 23.2 Å². The Bertz CT molecular complexity index is 700. The molecule has 0 radical (unpaired) electrons. The summed E-state index contributed by atoms with van der Waals surface area (Å²) in [4.78, 5) is 4.12. The molecule has 142 valence electrons. The molecule has 0 aliphatic rings. The summed E-state index contributed by atoms with van der Waals surface area (Å²) in [5.41, 5.74) is 1.09. The Balaban J connectivity index is 2.56. The number of sulfone groups is 1. The first-order chi connectivity index (χ1) is 11.6. The van der Waals surface area contributed by atoms with Gasteiger partial charge in [0.05, 0.1) is 19.0 Å². The van der Waals surface area contributed by atoms with Gasteiger partial charge in [0.25, 0.3) is 0 Å². The van der Waals surface area contributed by atoms with Gasteiger partial charge in [-0.05, 0) is 38.0 Å². The van der Waals surface area contributed by atoms with Crippen molar-refractivity contribution in [3.63, 3.8) is 0 Å². The average molecular weight is 372 g/mol. The van der Waals surface area contributed by atoms with E-state index in [9.17, 15) is 8.42 Å². The number of hydrogen-bond acceptors (Lipinski definition) is 5. The van der Waals surface area contributed by atoms with Crippen LogP contribution < -0.4 is 20.1 Å². The monoisotopic (exact) mass is 371 g/mol. The van der Waals surface area contributed by atoms with Crippen LogP contribution in [0.3, 0.4) is 0 Å². The molecule has 25 heavy (non-hydrogen) atoms. The highest BCUT2D eigenvalue weighted by Crippen LogP contribution is 2.27. The van der Waals surface area contributed by atoms with Crippen molar-refractivity contribution in [1.29, 1.82) is 0 Å². The van der Waals surface area contributed by atoms with Crippen molar-refractivity contribution in [3.8, 4) is 11.5 Å². The minimum absolute atomic E-state index is 0.280. The van der Waals surface area contributed by atoms with E-state index in [0.717, 1.165) is 12.0 Å². The molecule has 0 heterocycles. The molecular weight excluding hydrogens is 342 g/mol. The Morgan fingerprint density at radius 2 is 1.80 bits per heavy atom. The standard InChI is InChI=1S/C17H29N3O4S/c1-17(2,25(6,21)22)12-20-16(18-3)19-10-9-13-7-8-14(23-4)15(11-13)24-5/h7-8,11H,9-10,12H2,1-6H3,(H2,18,19,20). The number of nitrogens with one attached hydrogen (secondary N) is 2. The van der Waals surface area contributed by atoms with Gasteiger partial charge < -0.3 is 20.1 Å². The van der Waals surface area contributed by atoms with Crippen LogP contribution in [0.25, 0.3) is 0 Å². The lowest BCUT2D eigenvalue weighted by molar-refractivity contribution is 0.354. The highest BCUT2D eigenvalue weighted by atomic mass is 32.2. The van der Waals surface area contributed by atoms with Crippen LogP contribution in [0.5, 0.6) is 11.5 Å². The predicted octanol–water partition coefficient (Wildman–Crippen LogP) is 1.23. The lowest BCUT2D eigenvalue weighted by Crippen LogP contribution is -2.48. The molecule has 0 spiro atoms. The van der Waals surface area contributed by atoms with Crippen molar-refractivity contribution in [2.24, 2.45) is 4.99 Å². The van der Waals surface area contributed by atoms with Crippen molar-refractivity contribution < 1.29 is 17.9 Å². The van der Waals surface area contributed by atoms with Gasteiger partial charge in [0.1, 0.15) is 0 Å². The first kappa shape index (κ1) is 21.1. The van der Waals surface area contributed by atoms with Crippen LogP contribution in [-0.4, -0.2) is 59.7 Å². The SMILES string of the molecule is CN=C(NCCc1ccc(OC)c(OC)c1)NCC(C)(C)S(C)(=O)=O. The van der Waals surface area contributed by atoms with Crippen LogP contribution in [0, 0.1) is 0 Å². The molecule has 0 bridgehead atoms. The van der Waals surface area contributed by atoms with Gasteiger partial charge in [0.15, 0.2) is 27.3 Å². The maximum absolute atomic E-state index is 11.7. The molecule has 0 saturated carbocycles. The zero-order valence-electron chi connectivity index (χ0n) is 15.8. The second kappa shape index (κ2) is 8.94. The van der Waals surface area contributed by atoms with E-state index in [1.807, 2.05) is 18.2 Å². The van der Waals surface area contributed by atoms with Crippen LogP contribution in [0.1, 0.15) is 19.4 Å². The van der Waals surface area contributed by atoms with E-state index >= 15 is 0 Å². The minimum Gasteiger partial charge on any atom is -0.493 e. The quantitative estimate of drug-likeness (QED) is 0.528. The van der Waals surface area contributed by atoms with E-state index in [-0.39, 0.29) is 6.54 Å². The van der Waals surface area contributed by atoms with Gasteiger partial charge in [0.2, 0.25) is 0 Å². The van der Waals surface area contributed by atoms with E-state index in [1.54, 1.807) is 35.1 Å². The molecule has 0 atom stereocenters. The predicted molar refractivity (Wildman–Crippen MR) is 102 cm³/mol. The smallest absolute Gasteiger partial charge is 0.191 e. The molecule has 1 aromatic carbocycles. The van der Waals surface area contributed by atoms with E-state index in [4.69, 9.17) is 9.47 Å². The number of guanidine groups is 1. The summed E-state index contributed by atoms with van der Waals surface area (Å²) in [6.07, 6.45) is 2.00. The van der Waals surface area contributed by atoms with E-state index in [1.165, 1.54) is 6.26 Å². The molecule has 0 saturated heterocycles. The highest BCUT2D eigenvalue weighted by molar-refractivity contribution is 7.92. The molecular formula is C17H29N3O4S. The highest BCUT2D eigenvalue weighted by Gasteiger charge is 2.30. The van der Waals surface area contributed by atoms with E-state index < -0.39 is 14.6 Å². The second-order valence-electron chi connectivity index (χ2n) is 6.32. The van der Waals surface area contributed by atoms with Gasteiger partial charge in [-0.15, -0.1) is 0 Å². The molecule has 0 fully saturated rings. The molecule has 1 rings (SSSR count). The summed E-state index contributed by atoms with van der Waals surface area (Å²) in [6.45, 7) is 4.30. The lowest BCUT2D eigenvalue weighted by Gasteiger charge is -2.24. The molecule has 0 aliphatic carbocycles. The Kier molecular flexibility index (Phi) is 7.54. The molecule has 2 N–H and O–H groups in total. The Hall–Kier alpha value is -1.96. The van der Waals surface area contributed by atoms with Crippen molar-refractivity contribution >= 4 is 15.8 Å². The molecule has 8 heteroatoms. The largest absolute Gasteiger partial charge is 0.493 e. The summed E-state index contributed by atoms with van der Waals surface area (Å²) < 4.78 is 33.1. The number of ether oxygens (including phenoxy) is 2. The fourth-order valence-electron chi connectivity index (χ4n) is 2.01. The molecule has 0 unspecified atom stereocenters. The Morgan fingerprint density at radius 3 is 2.32 bits per heavy atom. The molecule has 0 amide bonds. The lowest BCUT2D eigenvalue weighted by atomic mass is 10.1. The maximum atomic E-state index is 11.7. The zero-order valence-corrected chi connectivity index (χ0v) is 16.7. The molecule has 0 aromatic heterocycles. The third-order valence-corrected chi connectivity index (χ3v) is 6.21. The summed E-state index contributed by atoms with van der Waals surface area (Å²) >= 11 is 0. The second-order valence-corrected chi connectivity index (χ2v) is 8.97. The van der Waals surface area contributed by atoms with E-state index in [0.29, 0.717) is 24.0 Å². The average Bonchev–Trinajstić information content (AvgIpc) is 2.56. The number of nitrogens with zero attached hydrogens (tertiary/aromatic N) is 1. The van der Waals surface area contributed by atoms with Crippen molar-refractivity contribution in [1.82, 2.24) is 10.6 Å². The van der Waals surface area contributed by atoms with Gasteiger partial charge >= 0.3 is 0 Å². The zero-order chi connectivity index (χ0) is 19.1. The number of hydrogen-bond donors (Lipinski definition) is 2. The van der Waals surface area contributed by atoms with Gasteiger partial charge in [-0.25, -0.2) is 8.42 Å². The van der Waals surface area contributed by atoms with Crippen molar-refractivity contribution in [3.05, 3.63) is 23.8 Å². The Morgan fingerprint density at radius 1 is 1.16 bits per heavy atom. The summed E-state index contributed by atoms with van der Waals surface area (Å²) in [6, 6.07) is 5.78. The first-order valence-corrected chi connectivity index (χ1v) is 9.88. The number of rotatable bonds is 8. The number of methoxy groups -OCH3 is 2. The van der Waals surface area contributed by atoms with Gasteiger partial charge in [-0.3, -0.25) is 4.99 Å². The Labute approximate surface area is 150 Å². The van der Waals surface area contributed by atoms with Crippen molar-refractivity contribution in [2.75, 3.05) is 40.6 Å². The first-order valence-electron chi connectivity index (χ1n) is 7.99.